The molecule has 0 aromatic heterocycles. The highest BCUT2D eigenvalue weighted by Crippen LogP contribution is 2.76. The summed E-state index contributed by atoms with van der Waals surface area (Å²) in [7, 11) is 0. The van der Waals surface area contributed by atoms with Crippen molar-refractivity contribution in [3.63, 3.8) is 0 Å². The van der Waals surface area contributed by atoms with E-state index in [0.29, 0.717) is 11.3 Å². The highest BCUT2D eigenvalue weighted by atomic mass is 16.1. The Kier molecular flexibility index (Phi) is 0.773. The summed E-state index contributed by atoms with van der Waals surface area (Å²) in [5, 5.41) is 0. The van der Waals surface area contributed by atoms with E-state index >= 15 is 0 Å². The molecule has 1 unspecified atom stereocenters. The van der Waals surface area contributed by atoms with Crippen LogP contribution in [0.1, 0.15) is 26.7 Å². The monoisotopic (exact) mass is 139 g/mol. The van der Waals surface area contributed by atoms with Crippen molar-refractivity contribution in [2.75, 3.05) is 0 Å². The van der Waals surface area contributed by atoms with Gasteiger partial charge in [-0.3, -0.25) is 4.79 Å². The molecule has 0 aliphatic heterocycles. The average molecular weight is 139 g/mol. The first-order valence-electron chi connectivity index (χ1n) is 3.81. The van der Waals surface area contributed by atoms with Gasteiger partial charge in [0.25, 0.3) is 0 Å². The smallest absolute Gasteiger partial charge is 0.223 e. The molecule has 2 bridgehead atoms. The van der Waals surface area contributed by atoms with Crippen LogP contribution in [-0.2, 0) is 4.79 Å². The van der Waals surface area contributed by atoms with Crippen molar-refractivity contribution in [1.82, 2.24) is 0 Å². The summed E-state index contributed by atoms with van der Waals surface area (Å²) in [6.07, 6.45) is 2.08. The van der Waals surface area contributed by atoms with Gasteiger partial charge in [0.15, 0.2) is 0 Å². The number of primary amides is 1. The van der Waals surface area contributed by atoms with Gasteiger partial charge in [-0.25, -0.2) is 0 Å². The van der Waals surface area contributed by atoms with Crippen molar-refractivity contribution < 1.29 is 4.79 Å². The lowest BCUT2D eigenvalue weighted by atomic mass is 9.30. The van der Waals surface area contributed by atoms with Gasteiger partial charge in [-0.2, -0.15) is 0 Å². The molecule has 2 heteroatoms. The highest BCUT2D eigenvalue weighted by molar-refractivity contribution is 5.85. The van der Waals surface area contributed by atoms with Crippen LogP contribution in [0.3, 0.4) is 0 Å². The standard InChI is InChI=1S/C8H13NO/c1-5-7(2)3-8(5,4-7)6(9)10/h5H,3-4H2,1-2H3,(H2,9,10). The number of hydrogen-bond acceptors (Lipinski definition) is 1. The van der Waals surface area contributed by atoms with Crippen molar-refractivity contribution in [3.05, 3.63) is 0 Å². The number of hydrogen-bond donors (Lipinski definition) is 1. The third kappa shape index (κ3) is 0.360. The molecule has 3 aliphatic rings. The zero-order valence-electron chi connectivity index (χ0n) is 6.48. The summed E-state index contributed by atoms with van der Waals surface area (Å²) in [5.74, 6) is 0.459. The highest BCUT2D eigenvalue weighted by Gasteiger charge is 2.73. The van der Waals surface area contributed by atoms with E-state index in [1.54, 1.807) is 0 Å². The van der Waals surface area contributed by atoms with Crippen molar-refractivity contribution >= 4 is 5.91 Å². The fraction of sp³-hybridized carbons (Fsp3) is 0.875. The van der Waals surface area contributed by atoms with Crippen LogP contribution in [0.5, 0.6) is 0 Å². The van der Waals surface area contributed by atoms with E-state index < -0.39 is 0 Å². The molecular weight excluding hydrogens is 126 g/mol. The molecule has 1 amide bonds. The lowest BCUT2D eigenvalue weighted by Gasteiger charge is -2.73. The minimum absolute atomic E-state index is 0.0747. The van der Waals surface area contributed by atoms with E-state index in [9.17, 15) is 4.79 Å². The van der Waals surface area contributed by atoms with Crippen LogP contribution in [0.2, 0.25) is 0 Å². The van der Waals surface area contributed by atoms with E-state index in [2.05, 4.69) is 13.8 Å². The lowest BCUT2D eigenvalue weighted by Crippen LogP contribution is -2.72. The van der Waals surface area contributed by atoms with Gasteiger partial charge < -0.3 is 5.73 Å². The van der Waals surface area contributed by atoms with Crippen LogP contribution < -0.4 is 5.73 Å². The Hall–Kier alpha value is -0.530. The molecule has 3 aliphatic carbocycles. The largest absolute Gasteiger partial charge is 0.369 e. The van der Waals surface area contributed by atoms with E-state index in [1.807, 2.05) is 0 Å². The second kappa shape index (κ2) is 1.25. The number of carbonyl (C=O) groups excluding carboxylic acids is 1. The maximum Gasteiger partial charge on any atom is 0.223 e. The maximum atomic E-state index is 10.9. The third-order valence-corrected chi connectivity index (χ3v) is 3.80. The molecule has 0 aromatic carbocycles. The van der Waals surface area contributed by atoms with Crippen molar-refractivity contribution in [2.24, 2.45) is 22.5 Å². The van der Waals surface area contributed by atoms with Crippen LogP contribution in [0.25, 0.3) is 0 Å². The second-order valence-electron chi connectivity index (χ2n) is 4.25. The fourth-order valence-corrected chi connectivity index (χ4v) is 2.79. The Balaban J connectivity index is 2.21. The summed E-state index contributed by atoms with van der Waals surface area (Å²) in [5.41, 5.74) is 5.67. The quantitative estimate of drug-likeness (QED) is 0.576. The Morgan fingerprint density at radius 2 is 2.10 bits per heavy atom. The zero-order valence-corrected chi connectivity index (χ0v) is 6.48. The Labute approximate surface area is 60.8 Å². The van der Waals surface area contributed by atoms with Crippen LogP contribution in [0, 0.1) is 16.7 Å². The first-order valence-corrected chi connectivity index (χ1v) is 3.81. The minimum Gasteiger partial charge on any atom is -0.369 e. The number of nitrogens with two attached hydrogens (primary N) is 1. The second-order valence-corrected chi connectivity index (χ2v) is 4.25. The first-order chi connectivity index (χ1) is 4.51. The predicted molar refractivity (Wildman–Crippen MR) is 38.1 cm³/mol. The molecular formula is C8H13NO. The summed E-state index contributed by atoms with van der Waals surface area (Å²) < 4.78 is 0. The van der Waals surface area contributed by atoms with E-state index in [1.165, 1.54) is 0 Å². The molecule has 3 fully saturated rings. The van der Waals surface area contributed by atoms with Gasteiger partial charge in [0.1, 0.15) is 0 Å². The molecule has 0 radical (unpaired) electrons. The fourth-order valence-electron chi connectivity index (χ4n) is 2.79. The Bertz CT molecular complexity index is 203. The van der Waals surface area contributed by atoms with Gasteiger partial charge in [0.05, 0.1) is 5.41 Å². The number of amides is 1. The van der Waals surface area contributed by atoms with Crippen molar-refractivity contribution in [3.8, 4) is 0 Å². The van der Waals surface area contributed by atoms with Gasteiger partial charge >= 0.3 is 0 Å². The van der Waals surface area contributed by atoms with Crippen LogP contribution in [0.4, 0.5) is 0 Å². The zero-order chi connectivity index (χ0) is 7.57. The summed E-state index contributed by atoms with van der Waals surface area (Å²) >= 11 is 0. The van der Waals surface area contributed by atoms with Crippen LogP contribution in [-0.4, -0.2) is 5.91 Å². The molecule has 0 heterocycles. The van der Waals surface area contributed by atoms with Gasteiger partial charge in [-0.1, -0.05) is 13.8 Å². The number of rotatable bonds is 1. The normalized spacial score (nSPS) is 56.8. The summed E-state index contributed by atoms with van der Waals surface area (Å²) in [6.45, 7) is 4.38. The number of carbonyl (C=O) groups is 1. The van der Waals surface area contributed by atoms with E-state index in [0.717, 1.165) is 12.8 Å². The molecule has 10 heavy (non-hydrogen) atoms. The Morgan fingerprint density at radius 3 is 2.20 bits per heavy atom. The molecule has 0 aromatic rings. The Morgan fingerprint density at radius 1 is 1.60 bits per heavy atom. The lowest BCUT2D eigenvalue weighted by molar-refractivity contribution is -0.244. The van der Waals surface area contributed by atoms with Gasteiger partial charge in [-0.05, 0) is 24.2 Å². The maximum absolute atomic E-state index is 10.9. The summed E-state index contributed by atoms with van der Waals surface area (Å²) in [4.78, 5) is 10.9. The SMILES string of the molecule is CC1C2(C)CC1(C(N)=O)C2. The van der Waals surface area contributed by atoms with Gasteiger partial charge in [-0.15, -0.1) is 0 Å². The molecule has 2 N–H and O–H groups in total. The molecule has 2 nitrogen and oxygen atoms in total. The third-order valence-electron chi connectivity index (χ3n) is 3.80. The first kappa shape index (κ1) is 6.20. The van der Waals surface area contributed by atoms with Crippen LogP contribution in [0.15, 0.2) is 0 Å². The van der Waals surface area contributed by atoms with Crippen molar-refractivity contribution in [1.29, 1.82) is 0 Å². The van der Waals surface area contributed by atoms with E-state index in [-0.39, 0.29) is 11.3 Å². The molecule has 1 atom stereocenters. The van der Waals surface area contributed by atoms with Gasteiger partial charge in [0.2, 0.25) is 5.91 Å². The van der Waals surface area contributed by atoms with Gasteiger partial charge in [0, 0.05) is 0 Å². The summed E-state index contributed by atoms with van der Waals surface area (Å²) in [6, 6.07) is 0. The molecule has 3 rings (SSSR count). The van der Waals surface area contributed by atoms with E-state index in [4.69, 9.17) is 5.73 Å². The average Bonchev–Trinajstić information content (AvgIpc) is 1.81. The van der Waals surface area contributed by atoms with Crippen LogP contribution >= 0.6 is 0 Å². The molecule has 0 spiro atoms. The molecule has 56 valence electrons. The molecule has 3 saturated carbocycles. The predicted octanol–water partition coefficient (Wildman–Crippen LogP) is 0.908. The minimum atomic E-state index is -0.0799. The topological polar surface area (TPSA) is 43.1 Å². The van der Waals surface area contributed by atoms with Crippen molar-refractivity contribution in [2.45, 2.75) is 26.7 Å². The molecule has 0 saturated heterocycles.